The molecule has 1 aromatic carbocycles. The second kappa shape index (κ2) is 10.7. The van der Waals surface area contributed by atoms with Crippen LogP contribution in [0.5, 0.6) is 5.75 Å². The van der Waals surface area contributed by atoms with Crippen LogP contribution in [0.4, 0.5) is 0 Å². The molecule has 6 nitrogen and oxygen atoms in total. The molecule has 144 valence electrons. The summed E-state index contributed by atoms with van der Waals surface area (Å²) in [6.07, 6.45) is 0.718. The maximum atomic E-state index is 12.5. The van der Waals surface area contributed by atoms with Crippen LogP contribution in [0.25, 0.3) is 0 Å². The molecule has 0 atom stereocenters. The van der Waals surface area contributed by atoms with E-state index < -0.39 is 0 Å². The highest BCUT2D eigenvalue weighted by Crippen LogP contribution is 2.16. The maximum Gasteiger partial charge on any atom is 0.273 e. The van der Waals surface area contributed by atoms with E-state index in [-0.39, 0.29) is 36.5 Å². The zero-order valence-corrected chi connectivity index (χ0v) is 16.8. The molecule has 1 fully saturated rings. The lowest BCUT2D eigenvalue weighted by Crippen LogP contribution is -2.48. The fourth-order valence-corrected chi connectivity index (χ4v) is 3.62. The molecule has 1 amide bonds. The Morgan fingerprint density at radius 3 is 2.62 bits per heavy atom. The number of hydrogen-bond donors (Lipinski definition) is 2. The van der Waals surface area contributed by atoms with Crippen LogP contribution < -0.4 is 5.73 Å². The van der Waals surface area contributed by atoms with Crippen LogP contribution in [0, 0.1) is 0 Å². The van der Waals surface area contributed by atoms with E-state index in [0.717, 1.165) is 36.6 Å². The first-order valence-electron chi connectivity index (χ1n) is 8.09. The van der Waals surface area contributed by atoms with Gasteiger partial charge in [0.25, 0.3) is 5.91 Å². The number of nitrogens with zero attached hydrogens (tertiary/aromatic N) is 3. The molecular weight excluding hydrogens is 395 g/mol. The molecule has 1 aliphatic rings. The number of benzene rings is 1. The van der Waals surface area contributed by atoms with Crippen molar-refractivity contribution in [1.82, 2.24) is 14.8 Å². The lowest BCUT2D eigenvalue weighted by atomic mass is 10.2. The summed E-state index contributed by atoms with van der Waals surface area (Å²) in [5.74, 6) is 0.296. The second-order valence-electron chi connectivity index (χ2n) is 5.90. The highest BCUT2D eigenvalue weighted by Gasteiger charge is 2.23. The van der Waals surface area contributed by atoms with Gasteiger partial charge in [0.2, 0.25) is 0 Å². The quantitative estimate of drug-likeness (QED) is 0.776. The van der Waals surface area contributed by atoms with E-state index in [1.165, 1.54) is 11.3 Å². The maximum absolute atomic E-state index is 12.5. The number of halogens is 2. The second-order valence-corrected chi connectivity index (χ2v) is 6.85. The van der Waals surface area contributed by atoms with Crippen LogP contribution in [0.15, 0.2) is 29.6 Å². The molecule has 9 heteroatoms. The molecule has 0 spiro atoms. The molecule has 0 bridgehead atoms. The van der Waals surface area contributed by atoms with Crippen molar-refractivity contribution in [2.45, 2.75) is 13.0 Å². The minimum atomic E-state index is 0. The molecule has 0 radical (unpaired) electrons. The average Bonchev–Trinajstić information content (AvgIpc) is 3.04. The van der Waals surface area contributed by atoms with Gasteiger partial charge in [-0.25, -0.2) is 4.98 Å². The molecular formula is C17H24Cl2N4O2S. The molecule has 3 rings (SSSR count). The molecule has 2 aromatic rings. The predicted octanol–water partition coefficient (Wildman–Crippen LogP) is 2.15. The number of amides is 1. The Morgan fingerprint density at radius 2 is 1.96 bits per heavy atom. The first-order valence-corrected chi connectivity index (χ1v) is 8.97. The third-order valence-electron chi connectivity index (χ3n) is 4.11. The molecule has 0 unspecified atom stereocenters. The Kier molecular flexibility index (Phi) is 9.32. The summed E-state index contributed by atoms with van der Waals surface area (Å²) in [6.45, 7) is 4.37. The van der Waals surface area contributed by atoms with Crippen LogP contribution in [-0.2, 0) is 13.0 Å². The van der Waals surface area contributed by atoms with Gasteiger partial charge in [0.05, 0.1) is 5.01 Å². The number of aromatic hydroxyl groups is 1. The fraction of sp³-hybridized carbons (Fsp3) is 0.412. The van der Waals surface area contributed by atoms with Gasteiger partial charge in [-0.1, -0.05) is 12.1 Å². The lowest BCUT2D eigenvalue weighted by molar-refractivity contribution is 0.0623. The van der Waals surface area contributed by atoms with Crippen LogP contribution >= 0.6 is 36.2 Å². The number of carbonyl (C=O) groups excluding carboxylic acids is 1. The van der Waals surface area contributed by atoms with E-state index in [4.69, 9.17) is 5.73 Å². The van der Waals surface area contributed by atoms with Gasteiger partial charge < -0.3 is 15.7 Å². The first kappa shape index (κ1) is 22.7. The van der Waals surface area contributed by atoms with E-state index in [0.29, 0.717) is 25.3 Å². The molecule has 1 aromatic heterocycles. The third kappa shape index (κ3) is 5.82. The Balaban J connectivity index is 0.00000169. The van der Waals surface area contributed by atoms with Crippen LogP contribution in [0.3, 0.4) is 0 Å². The monoisotopic (exact) mass is 418 g/mol. The van der Waals surface area contributed by atoms with Crippen molar-refractivity contribution in [3.63, 3.8) is 0 Å². The van der Waals surface area contributed by atoms with Crippen molar-refractivity contribution in [2.75, 3.05) is 32.7 Å². The normalized spacial score (nSPS) is 14.4. The summed E-state index contributed by atoms with van der Waals surface area (Å²) < 4.78 is 0. The number of aromatic nitrogens is 1. The standard InChI is InChI=1S/C17H22N4O2S.2ClH/c18-5-4-16-19-15(12-24-16)17(23)21-8-6-20(7-9-21)11-13-2-1-3-14(22)10-13;;/h1-3,10,12,22H,4-9,11,18H2;2*1H. The SMILES string of the molecule is Cl.Cl.NCCc1nc(C(=O)N2CCN(Cc3cccc(O)c3)CC2)cs1. The minimum Gasteiger partial charge on any atom is -0.508 e. The third-order valence-corrected chi connectivity index (χ3v) is 5.01. The summed E-state index contributed by atoms with van der Waals surface area (Å²) >= 11 is 1.50. The molecule has 3 N–H and O–H groups in total. The smallest absolute Gasteiger partial charge is 0.273 e. The van der Waals surface area contributed by atoms with E-state index in [9.17, 15) is 9.90 Å². The largest absolute Gasteiger partial charge is 0.508 e. The first-order chi connectivity index (χ1) is 11.7. The van der Waals surface area contributed by atoms with Gasteiger partial charge in [-0.15, -0.1) is 36.2 Å². The van der Waals surface area contributed by atoms with E-state index in [2.05, 4.69) is 9.88 Å². The summed E-state index contributed by atoms with van der Waals surface area (Å²) in [4.78, 5) is 21.0. The number of thiazole rings is 1. The number of phenolic OH excluding ortho intramolecular Hbond substituents is 1. The van der Waals surface area contributed by atoms with Crippen molar-refractivity contribution in [2.24, 2.45) is 5.73 Å². The van der Waals surface area contributed by atoms with E-state index in [1.54, 1.807) is 12.1 Å². The Hall–Kier alpha value is -1.38. The lowest BCUT2D eigenvalue weighted by Gasteiger charge is -2.34. The number of hydrogen-bond acceptors (Lipinski definition) is 6. The van der Waals surface area contributed by atoms with Gasteiger partial charge in [-0.3, -0.25) is 9.69 Å². The number of piperazine rings is 1. The average molecular weight is 419 g/mol. The van der Waals surface area contributed by atoms with E-state index >= 15 is 0 Å². The Labute approximate surface area is 169 Å². The minimum absolute atomic E-state index is 0. The topological polar surface area (TPSA) is 82.7 Å². The summed E-state index contributed by atoms with van der Waals surface area (Å²) in [5.41, 5.74) is 7.14. The number of rotatable bonds is 5. The Morgan fingerprint density at radius 1 is 1.23 bits per heavy atom. The van der Waals surface area contributed by atoms with Crippen LogP contribution in [0.2, 0.25) is 0 Å². The van der Waals surface area contributed by atoms with Crippen LogP contribution in [0.1, 0.15) is 21.1 Å². The highest BCUT2D eigenvalue weighted by atomic mass is 35.5. The van der Waals surface area contributed by atoms with Gasteiger partial charge in [-0.2, -0.15) is 0 Å². The number of nitrogens with two attached hydrogens (primary N) is 1. The number of phenols is 1. The van der Waals surface area contributed by atoms with E-state index in [1.807, 2.05) is 22.4 Å². The van der Waals surface area contributed by atoms with Gasteiger partial charge in [-0.05, 0) is 24.2 Å². The molecule has 26 heavy (non-hydrogen) atoms. The number of carbonyl (C=O) groups is 1. The van der Waals surface area contributed by atoms with Crippen molar-refractivity contribution in [1.29, 1.82) is 0 Å². The van der Waals surface area contributed by atoms with Gasteiger partial charge >= 0.3 is 0 Å². The van der Waals surface area contributed by atoms with Crippen molar-refractivity contribution < 1.29 is 9.90 Å². The molecule has 1 saturated heterocycles. The molecule has 0 saturated carbocycles. The summed E-state index contributed by atoms with van der Waals surface area (Å²) in [5, 5.41) is 12.3. The van der Waals surface area contributed by atoms with Crippen LogP contribution in [-0.4, -0.2) is 58.5 Å². The van der Waals surface area contributed by atoms with Crippen molar-refractivity contribution in [3.05, 3.63) is 45.9 Å². The van der Waals surface area contributed by atoms with Gasteiger partial charge in [0.15, 0.2) is 0 Å². The van der Waals surface area contributed by atoms with Crippen molar-refractivity contribution >= 4 is 42.1 Å². The summed E-state index contributed by atoms with van der Waals surface area (Å²) in [6, 6.07) is 7.32. The van der Waals surface area contributed by atoms with Crippen molar-refractivity contribution in [3.8, 4) is 5.75 Å². The fourth-order valence-electron chi connectivity index (χ4n) is 2.83. The molecule has 2 heterocycles. The summed E-state index contributed by atoms with van der Waals surface area (Å²) in [7, 11) is 0. The highest BCUT2D eigenvalue weighted by molar-refractivity contribution is 7.09. The van der Waals surface area contributed by atoms with Gasteiger partial charge in [0.1, 0.15) is 11.4 Å². The zero-order chi connectivity index (χ0) is 16.9. The predicted molar refractivity (Wildman–Crippen MR) is 109 cm³/mol. The molecule has 1 aliphatic heterocycles. The Bertz CT molecular complexity index is 706. The van der Waals surface area contributed by atoms with Gasteiger partial charge in [0, 0.05) is 44.5 Å². The zero-order valence-electron chi connectivity index (χ0n) is 14.3. The molecule has 0 aliphatic carbocycles.